The van der Waals surface area contributed by atoms with E-state index in [1.807, 2.05) is 11.7 Å². The van der Waals surface area contributed by atoms with Gasteiger partial charge >= 0.3 is 0 Å². The van der Waals surface area contributed by atoms with Crippen molar-refractivity contribution < 1.29 is 0 Å². The number of aryl methyl sites for hydroxylation is 1. The first-order valence-corrected chi connectivity index (χ1v) is 8.11. The minimum absolute atomic E-state index is 0.443. The van der Waals surface area contributed by atoms with Crippen molar-refractivity contribution in [2.75, 3.05) is 7.05 Å². The first-order valence-electron chi connectivity index (χ1n) is 8.11. The SMILES string of the molecule is CNC(Cc1nn(C)c2ccccc12)C1CCCC1(C)C. The molecule has 1 aliphatic rings. The van der Waals surface area contributed by atoms with Gasteiger partial charge in [-0.1, -0.05) is 38.5 Å². The monoisotopic (exact) mass is 285 g/mol. The zero-order valence-corrected chi connectivity index (χ0v) is 13.7. The zero-order valence-electron chi connectivity index (χ0n) is 13.7. The van der Waals surface area contributed by atoms with Crippen molar-refractivity contribution in [2.24, 2.45) is 18.4 Å². The summed E-state index contributed by atoms with van der Waals surface area (Å²) in [7, 11) is 4.14. The molecule has 0 spiro atoms. The Kier molecular flexibility index (Phi) is 3.78. The number of benzene rings is 1. The summed E-state index contributed by atoms with van der Waals surface area (Å²) in [5, 5.41) is 9.65. The van der Waals surface area contributed by atoms with Gasteiger partial charge in [0.15, 0.2) is 0 Å². The molecule has 0 amide bonds. The highest BCUT2D eigenvalue weighted by atomic mass is 15.3. The molecule has 2 atom stereocenters. The third kappa shape index (κ3) is 2.59. The Labute approximate surface area is 127 Å². The quantitative estimate of drug-likeness (QED) is 0.931. The van der Waals surface area contributed by atoms with Crippen LogP contribution in [0.2, 0.25) is 0 Å². The van der Waals surface area contributed by atoms with E-state index < -0.39 is 0 Å². The van der Waals surface area contributed by atoms with Crippen LogP contribution in [0.15, 0.2) is 24.3 Å². The second kappa shape index (κ2) is 5.45. The fraction of sp³-hybridized carbons (Fsp3) is 0.611. The lowest BCUT2D eigenvalue weighted by molar-refractivity contribution is 0.201. The van der Waals surface area contributed by atoms with Gasteiger partial charge in [0.05, 0.1) is 11.2 Å². The zero-order chi connectivity index (χ0) is 15.0. The maximum Gasteiger partial charge on any atom is 0.0718 e. The van der Waals surface area contributed by atoms with E-state index in [-0.39, 0.29) is 0 Å². The van der Waals surface area contributed by atoms with Crippen LogP contribution in [0.5, 0.6) is 0 Å². The van der Waals surface area contributed by atoms with Gasteiger partial charge in [-0.3, -0.25) is 4.68 Å². The smallest absolute Gasteiger partial charge is 0.0718 e. The Bertz CT molecular complexity index is 626. The molecular weight excluding hydrogens is 258 g/mol. The summed E-state index contributed by atoms with van der Waals surface area (Å²) in [5.74, 6) is 0.739. The third-order valence-corrected chi connectivity index (χ3v) is 5.44. The van der Waals surface area contributed by atoms with Crippen molar-refractivity contribution in [1.82, 2.24) is 15.1 Å². The first kappa shape index (κ1) is 14.6. The molecule has 2 unspecified atom stereocenters. The van der Waals surface area contributed by atoms with Gasteiger partial charge in [0.2, 0.25) is 0 Å². The Morgan fingerprint density at radius 3 is 2.81 bits per heavy atom. The predicted molar refractivity (Wildman–Crippen MR) is 88.4 cm³/mol. The van der Waals surface area contributed by atoms with Crippen LogP contribution in [0.3, 0.4) is 0 Å². The van der Waals surface area contributed by atoms with Crippen LogP contribution in [0.25, 0.3) is 10.9 Å². The van der Waals surface area contributed by atoms with Crippen LogP contribution < -0.4 is 5.32 Å². The average Bonchev–Trinajstić information content (AvgIpc) is 2.97. The summed E-state index contributed by atoms with van der Waals surface area (Å²) < 4.78 is 2.01. The van der Waals surface area contributed by atoms with E-state index in [1.165, 1.54) is 35.9 Å². The van der Waals surface area contributed by atoms with Crippen LogP contribution >= 0.6 is 0 Å². The first-order chi connectivity index (χ1) is 10.0. The summed E-state index contributed by atoms with van der Waals surface area (Å²) in [4.78, 5) is 0. The van der Waals surface area contributed by atoms with E-state index >= 15 is 0 Å². The molecule has 1 aliphatic carbocycles. The standard InChI is InChI=1S/C18H27N3/c1-18(2)11-7-9-14(18)16(19-3)12-15-13-8-5-6-10-17(13)21(4)20-15/h5-6,8,10,14,16,19H,7,9,11-12H2,1-4H3. The summed E-state index contributed by atoms with van der Waals surface area (Å²) in [6, 6.07) is 9.06. The van der Waals surface area contributed by atoms with Crippen molar-refractivity contribution in [1.29, 1.82) is 0 Å². The maximum absolute atomic E-state index is 4.77. The molecule has 0 aliphatic heterocycles. The molecule has 3 nitrogen and oxygen atoms in total. The summed E-state index contributed by atoms with van der Waals surface area (Å²) in [6.07, 6.45) is 5.06. The highest BCUT2D eigenvalue weighted by Crippen LogP contribution is 2.45. The number of nitrogens with zero attached hydrogens (tertiary/aromatic N) is 2. The summed E-state index contributed by atoms with van der Waals surface area (Å²) >= 11 is 0. The molecule has 1 N–H and O–H groups in total. The van der Waals surface area contributed by atoms with Crippen LogP contribution in [-0.4, -0.2) is 22.9 Å². The second-order valence-electron chi connectivity index (χ2n) is 7.17. The van der Waals surface area contributed by atoms with Gasteiger partial charge in [0.25, 0.3) is 0 Å². The fourth-order valence-electron chi connectivity index (χ4n) is 4.19. The van der Waals surface area contributed by atoms with Gasteiger partial charge in [-0.15, -0.1) is 0 Å². The van der Waals surface area contributed by atoms with Gasteiger partial charge in [0.1, 0.15) is 0 Å². The molecule has 3 heteroatoms. The normalized spacial score (nSPS) is 22.8. The van der Waals surface area contributed by atoms with E-state index in [4.69, 9.17) is 5.10 Å². The maximum atomic E-state index is 4.77. The lowest BCUT2D eigenvalue weighted by Gasteiger charge is -2.34. The molecule has 3 rings (SSSR count). The number of rotatable bonds is 4. The molecule has 1 aromatic heterocycles. The average molecular weight is 285 g/mol. The summed E-state index contributed by atoms with van der Waals surface area (Å²) in [6.45, 7) is 4.84. The van der Waals surface area contributed by atoms with Crippen LogP contribution in [0, 0.1) is 11.3 Å². The van der Waals surface area contributed by atoms with Crippen molar-refractivity contribution in [2.45, 2.75) is 45.6 Å². The van der Waals surface area contributed by atoms with Gasteiger partial charge < -0.3 is 5.32 Å². The molecule has 0 saturated heterocycles. The molecule has 114 valence electrons. The van der Waals surface area contributed by atoms with E-state index in [9.17, 15) is 0 Å². The molecule has 21 heavy (non-hydrogen) atoms. The van der Waals surface area contributed by atoms with Crippen LogP contribution in [0.4, 0.5) is 0 Å². The number of para-hydroxylation sites is 1. The van der Waals surface area contributed by atoms with Crippen molar-refractivity contribution in [3.8, 4) is 0 Å². The molecule has 1 aromatic carbocycles. The molecule has 0 bridgehead atoms. The highest BCUT2D eigenvalue weighted by Gasteiger charge is 2.39. The van der Waals surface area contributed by atoms with Crippen molar-refractivity contribution >= 4 is 10.9 Å². The lowest BCUT2D eigenvalue weighted by atomic mass is 9.76. The largest absolute Gasteiger partial charge is 0.316 e. The second-order valence-corrected chi connectivity index (χ2v) is 7.17. The van der Waals surface area contributed by atoms with Gasteiger partial charge in [-0.05, 0) is 37.3 Å². The van der Waals surface area contributed by atoms with Gasteiger partial charge in [0, 0.05) is 24.9 Å². The Morgan fingerprint density at radius 1 is 1.38 bits per heavy atom. The van der Waals surface area contributed by atoms with Gasteiger partial charge in [-0.25, -0.2) is 0 Å². The minimum atomic E-state index is 0.443. The number of fused-ring (bicyclic) bond motifs is 1. The fourth-order valence-corrected chi connectivity index (χ4v) is 4.19. The van der Waals surface area contributed by atoms with Crippen LogP contribution in [0.1, 0.15) is 38.8 Å². The van der Waals surface area contributed by atoms with Crippen molar-refractivity contribution in [3.63, 3.8) is 0 Å². The molecule has 1 saturated carbocycles. The number of likely N-dealkylation sites (N-methyl/N-ethyl adjacent to an activating group) is 1. The van der Waals surface area contributed by atoms with E-state index in [1.54, 1.807) is 0 Å². The molecule has 0 radical (unpaired) electrons. The highest BCUT2D eigenvalue weighted by molar-refractivity contribution is 5.81. The van der Waals surface area contributed by atoms with Crippen LogP contribution in [-0.2, 0) is 13.5 Å². The summed E-state index contributed by atoms with van der Waals surface area (Å²) in [5.41, 5.74) is 2.90. The molecule has 2 aromatic rings. The Balaban J connectivity index is 1.89. The number of hydrogen-bond acceptors (Lipinski definition) is 2. The third-order valence-electron chi connectivity index (χ3n) is 5.44. The minimum Gasteiger partial charge on any atom is -0.316 e. The molecular formula is C18H27N3. The number of aromatic nitrogens is 2. The molecule has 1 fully saturated rings. The molecule has 1 heterocycles. The Morgan fingerprint density at radius 2 is 2.14 bits per heavy atom. The van der Waals surface area contributed by atoms with E-state index in [0.717, 1.165) is 12.3 Å². The number of hydrogen-bond donors (Lipinski definition) is 1. The van der Waals surface area contributed by atoms with Crippen molar-refractivity contribution in [3.05, 3.63) is 30.0 Å². The van der Waals surface area contributed by atoms with E-state index in [2.05, 4.69) is 50.5 Å². The lowest BCUT2D eigenvalue weighted by Crippen LogP contribution is -2.40. The topological polar surface area (TPSA) is 29.9 Å². The van der Waals surface area contributed by atoms with Gasteiger partial charge in [-0.2, -0.15) is 5.10 Å². The Hall–Kier alpha value is -1.35. The number of nitrogens with one attached hydrogen (secondary N) is 1. The van der Waals surface area contributed by atoms with E-state index in [0.29, 0.717) is 11.5 Å². The predicted octanol–water partition coefficient (Wildman–Crippen LogP) is 3.53.